The Kier molecular flexibility index (Phi) is 9.21. The summed E-state index contributed by atoms with van der Waals surface area (Å²) in [6, 6.07) is 10.0. The van der Waals surface area contributed by atoms with E-state index in [0.29, 0.717) is 47.5 Å². The van der Waals surface area contributed by atoms with E-state index in [0.717, 1.165) is 29.6 Å². The topological polar surface area (TPSA) is 142 Å². The van der Waals surface area contributed by atoms with Crippen LogP contribution in [-0.2, 0) is 27.5 Å². The number of fused-ring (bicyclic) bond motifs is 2. The smallest absolute Gasteiger partial charge is 0.452 e. The fourth-order valence-electron chi connectivity index (χ4n) is 7.16. The quantitative estimate of drug-likeness (QED) is 0.219. The number of carbonyl (C=O) groups is 1. The first-order chi connectivity index (χ1) is 24.2. The molecule has 1 atom stereocenters. The molecule has 16 heteroatoms. The number of ether oxygens (including phenoxy) is 1. The zero-order chi connectivity index (χ0) is 36.1. The predicted molar refractivity (Wildman–Crippen MR) is 181 cm³/mol. The van der Waals surface area contributed by atoms with E-state index in [1.165, 1.54) is 41.9 Å². The summed E-state index contributed by atoms with van der Waals surface area (Å²) in [6.07, 6.45) is 1.12. The van der Waals surface area contributed by atoms with Crippen LogP contribution >= 0.6 is 0 Å². The highest BCUT2D eigenvalue weighted by Crippen LogP contribution is 2.46. The molecule has 4 aromatic rings. The number of anilines is 1. The molecule has 5 heterocycles. The third kappa shape index (κ3) is 7.13. The molecular weight excluding hydrogens is 687 g/mol. The van der Waals surface area contributed by atoms with Gasteiger partial charge < -0.3 is 20.1 Å². The van der Waals surface area contributed by atoms with E-state index in [9.17, 15) is 31.5 Å². The fraction of sp³-hybridized carbons (Fsp3) is 0.486. The Bertz CT molecular complexity index is 2080. The van der Waals surface area contributed by atoms with Gasteiger partial charge in [0.15, 0.2) is 5.65 Å². The highest BCUT2D eigenvalue weighted by atomic mass is 32.2. The monoisotopic (exact) mass is 727 g/mol. The van der Waals surface area contributed by atoms with E-state index in [4.69, 9.17) is 4.74 Å². The molecule has 0 bridgehead atoms. The van der Waals surface area contributed by atoms with Crippen LogP contribution in [0.15, 0.2) is 47.5 Å². The summed E-state index contributed by atoms with van der Waals surface area (Å²) in [7, 11) is -4.06. The minimum atomic E-state index is -4.72. The average molecular weight is 728 g/mol. The van der Waals surface area contributed by atoms with E-state index in [-0.39, 0.29) is 35.9 Å². The molecule has 2 aliphatic heterocycles. The summed E-state index contributed by atoms with van der Waals surface area (Å²) < 4.78 is 77.6. The lowest BCUT2D eigenvalue weighted by Crippen LogP contribution is -2.38. The van der Waals surface area contributed by atoms with Gasteiger partial charge in [0.05, 0.1) is 13.0 Å². The maximum Gasteiger partial charge on any atom is 0.452 e. The van der Waals surface area contributed by atoms with Crippen LogP contribution in [0.25, 0.3) is 5.65 Å². The lowest BCUT2D eigenvalue weighted by atomic mass is 9.85. The standard InChI is InChI=1S/C35H40F3N7O5S/c1-22-6-7-24(27(19-30(46)47)26-10-16-45-31(23(26)2)41-42-33(45)35(36,37)38)18-25(22)20-44-21-34(11-12-34)50-32-28(51(44,48)49)8-9-29(40-32)39-13-17-43-14-4-3-5-15-43/h6-10,16,18,27H,3-5,11-15,17,19-21H2,1-2H3,(H,39,40)(H,46,47)/t27-/m0/s1. The molecule has 0 radical (unpaired) electrons. The van der Waals surface area contributed by atoms with Crippen molar-refractivity contribution in [3.8, 4) is 5.88 Å². The number of halogens is 3. The molecule has 1 spiro atoms. The minimum Gasteiger partial charge on any atom is -0.481 e. The van der Waals surface area contributed by atoms with Crippen molar-refractivity contribution in [2.45, 2.75) is 81.5 Å². The number of nitrogens with zero attached hydrogens (tertiary/aromatic N) is 6. The fourth-order valence-corrected chi connectivity index (χ4v) is 8.70. The zero-order valence-electron chi connectivity index (χ0n) is 28.4. The SMILES string of the molecule is Cc1ccc([C@H](CC(=O)O)c2ccn3c(C(F)(F)F)nnc3c2C)cc1CN1CC2(CC2)Oc2nc(NCCN3CCCCC3)ccc2S1(=O)=O. The van der Waals surface area contributed by atoms with Gasteiger partial charge in [-0.25, -0.2) is 8.42 Å². The van der Waals surface area contributed by atoms with Gasteiger partial charge in [-0.2, -0.15) is 22.5 Å². The summed E-state index contributed by atoms with van der Waals surface area (Å²) >= 11 is 0. The third-order valence-electron chi connectivity index (χ3n) is 10.2. The number of hydrogen-bond acceptors (Lipinski definition) is 9. The number of rotatable bonds is 10. The third-order valence-corrected chi connectivity index (χ3v) is 12.0. The molecule has 7 rings (SSSR count). The highest BCUT2D eigenvalue weighted by Gasteiger charge is 2.52. The number of pyridine rings is 2. The predicted octanol–water partition coefficient (Wildman–Crippen LogP) is 5.38. The number of sulfonamides is 1. The summed E-state index contributed by atoms with van der Waals surface area (Å²) in [5.74, 6) is -2.41. The van der Waals surface area contributed by atoms with Gasteiger partial charge in [-0.3, -0.25) is 9.20 Å². The number of benzene rings is 1. The lowest BCUT2D eigenvalue weighted by molar-refractivity contribution is -0.145. The maximum absolute atomic E-state index is 14.2. The number of alkyl halides is 3. The first-order valence-electron chi connectivity index (χ1n) is 17.1. The van der Waals surface area contributed by atoms with Gasteiger partial charge in [0.25, 0.3) is 0 Å². The van der Waals surface area contributed by atoms with Crippen LogP contribution in [0.2, 0.25) is 0 Å². The van der Waals surface area contributed by atoms with Gasteiger partial charge in [-0.05, 0) is 98.6 Å². The largest absolute Gasteiger partial charge is 0.481 e. The Morgan fingerprint density at radius 1 is 1.08 bits per heavy atom. The Morgan fingerprint density at radius 3 is 2.55 bits per heavy atom. The summed E-state index contributed by atoms with van der Waals surface area (Å²) in [5, 5.41) is 20.3. The molecule has 51 heavy (non-hydrogen) atoms. The Hall–Kier alpha value is -4.28. The first kappa shape index (κ1) is 35.1. The number of carboxylic acids is 1. The van der Waals surface area contributed by atoms with Crippen molar-refractivity contribution in [3.05, 3.63) is 76.2 Å². The molecule has 1 aromatic carbocycles. The van der Waals surface area contributed by atoms with Crippen molar-refractivity contribution >= 4 is 27.5 Å². The highest BCUT2D eigenvalue weighted by molar-refractivity contribution is 7.89. The normalized spacial score (nSPS) is 19.3. The van der Waals surface area contributed by atoms with Crippen LogP contribution in [0.4, 0.5) is 19.0 Å². The van der Waals surface area contributed by atoms with Crippen molar-refractivity contribution < 1.29 is 36.2 Å². The van der Waals surface area contributed by atoms with Crippen molar-refractivity contribution in [1.82, 2.24) is 28.8 Å². The Labute approximate surface area is 293 Å². The molecule has 0 unspecified atom stereocenters. The van der Waals surface area contributed by atoms with E-state index >= 15 is 0 Å². The van der Waals surface area contributed by atoms with Crippen molar-refractivity contribution in [2.75, 3.05) is 38.0 Å². The lowest BCUT2D eigenvalue weighted by Gasteiger charge is -2.26. The van der Waals surface area contributed by atoms with Crippen molar-refractivity contribution in [2.24, 2.45) is 0 Å². The van der Waals surface area contributed by atoms with Gasteiger partial charge in [0.2, 0.25) is 21.7 Å². The van der Waals surface area contributed by atoms with Crippen LogP contribution < -0.4 is 10.1 Å². The van der Waals surface area contributed by atoms with Crippen LogP contribution in [0.3, 0.4) is 0 Å². The number of hydrogen-bond donors (Lipinski definition) is 2. The number of carboxylic acid groups (broad SMARTS) is 1. The van der Waals surface area contributed by atoms with Gasteiger partial charge in [-0.15, -0.1) is 10.2 Å². The van der Waals surface area contributed by atoms with Crippen molar-refractivity contribution in [3.63, 3.8) is 0 Å². The van der Waals surface area contributed by atoms with Gasteiger partial charge in [0.1, 0.15) is 16.3 Å². The first-order valence-corrected chi connectivity index (χ1v) is 18.6. The summed E-state index contributed by atoms with van der Waals surface area (Å²) in [5.41, 5.74) is 2.15. The average Bonchev–Trinajstić information content (AvgIpc) is 3.69. The molecule has 1 aliphatic carbocycles. The molecule has 2 N–H and O–H groups in total. The summed E-state index contributed by atoms with van der Waals surface area (Å²) in [4.78, 5) is 19.1. The number of piperidine rings is 1. The number of aromatic nitrogens is 4. The van der Waals surface area contributed by atoms with E-state index in [1.807, 2.05) is 6.92 Å². The molecule has 12 nitrogen and oxygen atoms in total. The van der Waals surface area contributed by atoms with Gasteiger partial charge in [0, 0.05) is 31.7 Å². The second-order valence-electron chi connectivity index (χ2n) is 13.8. The molecular formula is C35H40F3N7O5S. The molecule has 3 aliphatic rings. The number of likely N-dealkylation sites (tertiary alicyclic amines) is 1. The van der Waals surface area contributed by atoms with Crippen LogP contribution in [0.5, 0.6) is 5.88 Å². The number of nitrogens with one attached hydrogen (secondary N) is 1. The molecule has 0 amide bonds. The second kappa shape index (κ2) is 13.4. The van der Waals surface area contributed by atoms with Crippen LogP contribution in [0.1, 0.15) is 78.1 Å². The maximum atomic E-state index is 14.2. The molecule has 2 fully saturated rings. The molecule has 1 saturated carbocycles. The summed E-state index contributed by atoms with van der Waals surface area (Å²) in [6.45, 7) is 7.25. The van der Waals surface area contributed by atoms with Crippen LogP contribution in [0, 0.1) is 13.8 Å². The molecule has 1 saturated heterocycles. The number of aryl methyl sites for hydroxylation is 2. The van der Waals surface area contributed by atoms with Gasteiger partial charge in [-0.1, -0.05) is 24.6 Å². The van der Waals surface area contributed by atoms with E-state index in [2.05, 4.69) is 25.4 Å². The molecule has 3 aromatic heterocycles. The molecule has 272 valence electrons. The van der Waals surface area contributed by atoms with Crippen LogP contribution in [-0.4, -0.2) is 86.6 Å². The second-order valence-corrected chi connectivity index (χ2v) is 15.7. The number of aliphatic carboxylic acids is 1. The Morgan fingerprint density at radius 2 is 1.84 bits per heavy atom. The Balaban J connectivity index is 1.17. The minimum absolute atomic E-state index is 0.000673. The van der Waals surface area contributed by atoms with E-state index in [1.54, 1.807) is 31.2 Å². The van der Waals surface area contributed by atoms with Gasteiger partial charge >= 0.3 is 12.1 Å². The van der Waals surface area contributed by atoms with Crippen molar-refractivity contribution in [1.29, 1.82) is 0 Å². The van der Waals surface area contributed by atoms with E-state index < -0.39 is 39.5 Å². The zero-order valence-corrected chi connectivity index (χ0v) is 29.2.